The number of benzene rings is 2. The van der Waals surface area contributed by atoms with Gasteiger partial charge < -0.3 is 14.9 Å². The van der Waals surface area contributed by atoms with Crippen molar-refractivity contribution in [3.63, 3.8) is 0 Å². The summed E-state index contributed by atoms with van der Waals surface area (Å²) in [6, 6.07) is 9.67. The largest absolute Gasteiger partial charge is 0.504 e. The van der Waals surface area contributed by atoms with Crippen molar-refractivity contribution in [1.82, 2.24) is 0 Å². The standard InChI is InChI=1S/C16H13ClO4/c1-2-8-21-16-12(17)9-11(14(19)15(16)20)13(18)10-6-4-3-5-7-10/h2-9,19-20H,1H3. The minimum Gasteiger partial charge on any atom is -0.504 e. The molecule has 0 atom stereocenters. The average molecular weight is 305 g/mol. The predicted octanol–water partition coefficient (Wildman–Crippen LogP) is 3.89. The van der Waals surface area contributed by atoms with Crippen molar-refractivity contribution in [2.75, 3.05) is 0 Å². The third-order valence-corrected chi connectivity index (χ3v) is 3.07. The fraction of sp³-hybridized carbons (Fsp3) is 0.0625. The van der Waals surface area contributed by atoms with E-state index in [1.54, 1.807) is 43.3 Å². The molecule has 2 aromatic rings. The van der Waals surface area contributed by atoms with E-state index in [4.69, 9.17) is 16.3 Å². The topological polar surface area (TPSA) is 66.8 Å². The van der Waals surface area contributed by atoms with Crippen molar-refractivity contribution < 1.29 is 19.7 Å². The molecule has 2 rings (SSSR count). The first kappa shape index (κ1) is 14.9. The Morgan fingerprint density at radius 2 is 1.86 bits per heavy atom. The molecule has 0 spiro atoms. The fourth-order valence-corrected chi connectivity index (χ4v) is 2.02. The van der Waals surface area contributed by atoms with Crippen LogP contribution in [0, 0.1) is 0 Å². The lowest BCUT2D eigenvalue weighted by Gasteiger charge is -2.11. The minimum atomic E-state index is -0.570. The van der Waals surface area contributed by atoms with E-state index in [9.17, 15) is 15.0 Å². The number of ketones is 1. The van der Waals surface area contributed by atoms with Crippen molar-refractivity contribution in [2.45, 2.75) is 6.92 Å². The van der Waals surface area contributed by atoms with E-state index in [0.717, 1.165) is 0 Å². The molecule has 4 nitrogen and oxygen atoms in total. The first-order valence-corrected chi connectivity index (χ1v) is 6.56. The zero-order chi connectivity index (χ0) is 15.4. The van der Waals surface area contributed by atoms with Gasteiger partial charge >= 0.3 is 0 Å². The second-order valence-corrected chi connectivity index (χ2v) is 4.62. The smallest absolute Gasteiger partial charge is 0.203 e. The molecular weight excluding hydrogens is 292 g/mol. The van der Waals surface area contributed by atoms with Gasteiger partial charge in [0.2, 0.25) is 5.75 Å². The third kappa shape index (κ3) is 3.01. The highest BCUT2D eigenvalue weighted by Gasteiger charge is 2.22. The molecule has 0 saturated heterocycles. The monoisotopic (exact) mass is 304 g/mol. The normalized spacial score (nSPS) is 10.8. The van der Waals surface area contributed by atoms with Gasteiger partial charge in [-0.25, -0.2) is 0 Å². The SMILES string of the molecule is CC=COc1c(Cl)cc(C(=O)c2ccccc2)c(O)c1O. The van der Waals surface area contributed by atoms with Crippen LogP contribution in [-0.2, 0) is 0 Å². The van der Waals surface area contributed by atoms with Crippen LogP contribution < -0.4 is 4.74 Å². The zero-order valence-corrected chi connectivity index (χ0v) is 12.0. The number of phenols is 2. The summed E-state index contributed by atoms with van der Waals surface area (Å²) in [5.74, 6) is -1.67. The molecule has 0 radical (unpaired) electrons. The van der Waals surface area contributed by atoms with Crippen molar-refractivity contribution >= 4 is 17.4 Å². The number of carbonyl (C=O) groups excluding carboxylic acids is 1. The third-order valence-electron chi connectivity index (χ3n) is 2.79. The van der Waals surface area contributed by atoms with Gasteiger partial charge in [-0.05, 0) is 13.0 Å². The minimum absolute atomic E-state index is 0.0303. The Bertz CT molecular complexity index is 693. The number of halogens is 1. The molecule has 0 saturated carbocycles. The molecule has 0 fully saturated rings. The second-order valence-electron chi connectivity index (χ2n) is 4.21. The summed E-state index contributed by atoms with van der Waals surface area (Å²) >= 11 is 5.99. The van der Waals surface area contributed by atoms with E-state index in [1.165, 1.54) is 12.3 Å². The molecule has 0 unspecified atom stereocenters. The van der Waals surface area contributed by atoms with Gasteiger partial charge in [0.1, 0.15) is 0 Å². The maximum atomic E-state index is 12.3. The highest BCUT2D eigenvalue weighted by atomic mass is 35.5. The lowest BCUT2D eigenvalue weighted by atomic mass is 10.0. The van der Waals surface area contributed by atoms with Gasteiger partial charge in [0, 0.05) is 5.56 Å². The molecule has 5 heteroatoms. The van der Waals surface area contributed by atoms with Crippen LogP contribution in [0.15, 0.2) is 48.7 Å². The molecular formula is C16H13ClO4. The fourth-order valence-electron chi connectivity index (χ4n) is 1.78. The van der Waals surface area contributed by atoms with Crippen molar-refractivity contribution in [3.05, 3.63) is 64.9 Å². The van der Waals surface area contributed by atoms with Crippen molar-refractivity contribution in [1.29, 1.82) is 0 Å². The first-order valence-electron chi connectivity index (χ1n) is 6.18. The molecule has 108 valence electrons. The Morgan fingerprint density at radius 3 is 2.48 bits per heavy atom. The lowest BCUT2D eigenvalue weighted by molar-refractivity contribution is 0.103. The molecule has 2 N–H and O–H groups in total. The Kier molecular flexibility index (Phi) is 4.50. The number of ether oxygens (including phenoxy) is 1. The van der Waals surface area contributed by atoms with E-state index in [0.29, 0.717) is 5.56 Å². The van der Waals surface area contributed by atoms with Gasteiger partial charge in [-0.2, -0.15) is 0 Å². The number of aromatic hydroxyl groups is 2. The Morgan fingerprint density at radius 1 is 1.19 bits per heavy atom. The summed E-state index contributed by atoms with van der Waals surface area (Å²) in [6.07, 6.45) is 2.90. The van der Waals surface area contributed by atoms with Crippen molar-refractivity contribution in [3.8, 4) is 17.2 Å². The number of phenolic OH excluding ortho intramolecular Hbond substituents is 2. The molecule has 0 aliphatic heterocycles. The molecule has 0 amide bonds. The summed E-state index contributed by atoms with van der Waals surface area (Å²) in [6.45, 7) is 1.72. The Labute approximate surface area is 126 Å². The van der Waals surface area contributed by atoms with E-state index >= 15 is 0 Å². The van der Waals surface area contributed by atoms with Gasteiger partial charge in [0.15, 0.2) is 17.3 Å². The van der Waals surface area contributed by atoms with E-state index in [-0.39, 0.29) is 16.3 Å². The Balaban J connectivity index is 2.49. The summed E-state index contributed by atoms with van der Waals surface area (Å²) in [4.78, 5) is 12.3. The van der Waals surface area contributed by atoms with Gasteiger partial charge in [-0.1, -0.05) is 48.0 Å². The maximum absolute atomic E-state index is 12.3. The van der Waals surface area contributed by atoms with Crippen LogP contribution in [-0.4, -0.2) is 16.0 Å². The second kappa shape index (κ2) is 6.33. The number of hydrogen-bond acceptors (Lipinski definition) is 4. The van der Waals surface area contributed by atoms with Crippen molar-refractivity contribution in [2.24, 2.45) is 0 Å². The summed E-state index contributed by atoms with van der Waals surface area (Å²) < 4.78 is 5.10. The summed E-state index contributed by atoms with van der Waals surface area (Å²) in [5.41, 5.74) is 0.293. The molecule has 0 bridgehead atoms. The first-order chi connectivity index (χ1) is 10.1. The average Bonchev–Trinajstić information content (AvgIpc) is 2.51. The summed E-state index contributed by atoms with van der Waals surface area (Å²) in [5, 5.41) is 20.0. The number of allylic oxidation sites excluding steroid dienone is 1. The van der Waals surface area contributed by atoms with Gasteiger partial charge in [0.05, 0.1) is 16.8 Å². The van der Waals surface area contributed by atoms with Crippen LogP contribution in [0.5, 0.6) is 17.2 Å². The Hall–Kier alpha value is -2.46. The van der Waals surface area contributed by atoms with Crippen LogP contribution in [0.4, 0.5) is 0 Å². The van der Waals surface area contributed by atoms with E-state index in [2.05, 4.69) is 0 Å². The zero-order valence-electron chi connectivity index (χ0n) is 11.2. The molecule has 0 aliphatic rings. The van der Waals surface area contributed by atoms with Gasteiger partial charge in [-0.3, -0.25) is 4.79 Å². The van der Waals surface area contributed by atoms with E-state index in [1.807, 2.05) is 0 Å². The predicted molar refractivity (Wildman–Crippen MR) is 80.1 cm³/mol. The number of rotatable bonds is 4. The lowest BCUT2D eigenvalue weighted by Crippen LogP contribution is -2.02. The highest BCUT2D eigenvalue weighted by molar-refractivity contribution is 6.33. The summed E-state index contributed by atoms with van der Waals surface area (Å²) in [7, 11) is 0. The molecule has 0 heterocycles. The molecule has 0 aromatic heterocycles. The van der Waals surface area contributed by atoms with Crippen LogP contribution in [0.3, 0.4) is 0 Å². The van der Waals surface area contributed by atoms with Gasteiger partial charge in [-0.15, -0.1) is 0 Å². The van der Waals surface area contributed by atoms with E-state index < -0.39 is 17.3 Å². The van der Waals surface area contributed by atoms with Crippen LogP contribution in [0.25, 0.3) is 0 Å². The number of carbonyl (C=O) groups is 1. The number of hydrogen-bond donors (Lipinski definition) is 2. The molecule has 21 heavy (non-hydrogen) atoms. The quantitative estimate of drug-likeness (QED) is 0.511. The highest BCUT2D eigenvalue weighted by Crippen LogP contribution is 2.44. The maximum Gasteiger partial charge on any atom is 0.203 e. The van der Waals surface area contributed by atoms with Crippen LogP contribution >= 0.6 is 11.6 Å². The molecule has 2 aromatic carbocycles. The van der Waals surface area contributed by atoms with Crippen LogP contribution in [0.1, 0.15) is 22.8 Å². The molecule has 0 aliphatic carbocycles. The van der Waals surface area contributed by atoms with Crippen LogP contribution in [0.2, 0.25) is 5.02 Å². The van der Waals surface area contributed by atoms with Gasteiger partial charge in [0.25, 0.3) is 0 Å².